The summed E-state index contributed by atoms with van der Waals surface area (Å²) < 4.78 is 0. The predicted molar refractivity (Wildman–Crippen MR) is 72.8 cm³/mol. The van der Waals surface area contributed by atoms with E-state index in [-0.39, 0.29) is 0 Å². The quantitative estimate of drug-likeness (QED) is 0.737. The van der Waals surface area contributed by atoms with Crippen molar-refractivity contribution in [1.82, 2.24) is 5.32 Å². The molecule has 1 heterocycles. The van der Waals surface area contributed by atoms with Gasteiger partial charge >= 0.3 is 0 Å². The van der Waals surface area contributed by atoms with Crippen molar-refractivity contribution in [2.24, 2.45) is 0 Å². The Morgan fingerprint density at radius 1 is 1.50 bits per heavy atom. The first kappa shape index (κ1) is 13.3. The highest BCUT2D eigenvalue weighted by molar-refractivity contribution is 7.10. The van der Waals surface area contributed by atoms with Gasteiger partial charge in [-0.2, -0.15) is 0 Å². The maximum absolute atomic E-state index is 3.61. The van der Waals surface area contributed by atoms with E-state index in [1.54, 1.807) is 0 Å². The molecule has 0 aliphatic heterocycles. The smallest absolute Gasteiger partial charge is 0.0426 e. The van der Waals surface area contributed by atoms with Gasteiger partial charge in [0.15, 0.2) is 0 Å². The minimum Gasteiger partial charge on any atom is -0.309 e. The average Bonchev–Trinajstić information content (AvgIpc) is 2.70. The molecule has 0 bridgehead atoms. The maximum atomic E-state index is 3.61. The fourth-order valence-corrected chi connectivity index (χ4v) is 2.77. The Morgan fingerprint density at radius 2 is 2.31 bits per heavy atom. The largest absolute Gasteiger partial charge is 0.309 e. The van der Waals surface area contributed by atoms with Crippen LogP contribution in [0, 0.1) is 18.8 Å². The van der Waals surface area contributed by atoms with Gasteiger partial charge in [0.1, 0.15) is 0 Å². The van der Waals surface area contributed by atoms with Crippen molar-refractivity contribution in [1.29, 1.82) is 0 Å². The van der Waals surface area contributed by atoms with Crippen molar-refractivity contribution >= 4 is 11.3 Å². The van der Waals surface area contributed by atoms with Crippen molar-refractivity contribution in [3.63, 3.8) is 0 Å². The van der Waals surface area contributed by atoms with Gasteiger partial charge in [0.05, 0.1) is 0 Å². The van der Waals surface area contributed by atoms with Gasteiger partial charge in [-0.05, 0) is 50.2 Å². The molecule has 0 aliphatic rings. The van der Waals surface area contributed by atoms with Crippen molar-refractivity contribution < 1.29 is 0 Å². The third-order valence-corrected chi connectivity index (χ3v) is 3.73. The molecular formula is C14H21NS. The van der Waals surface area contributed by atoms with Crippen molar-refractivity contribution in [3.8, 4) is 11.8 Å². The zero-order valence-corrected chi connectivity index (χ0v) is 11.3. The SMILES string of the molecule is CC#CCCC(NCCC)c1sccc1C. The summed E-state index contributed by atoms with van der Waals surface area (Å²) in [6.07, 6.45) is 3.28. The van der Waals surface area contributed by atoms with Crippen LogP contribution in [0.5, 0.6) is 0 Å². The van der Waals surface area contributed by atoms with Crippen LogP contribution in [-0.2, 0) is 0 Å². The van der Waals surface area contributed by atoms with Gasteiger partial charge in [-0.3, -0.25) is 0 Å². The molecule has 2 heteroatoms. The van der Waals surface area contributed by atoms with Gasteiger partial charge in [-0.1, -0.05) is 6.92 Å². The summed E-state index contributed by atoms with van der Waals surface area (Å²) in [4.78, 5) is 1.48. The molecule has 1 atom stereocenters. The minimum absolute atomic E-state index is 0.487. The van der Waals surface area contributed by atoms with E-state index < -0.39 is 0 Å². The Hall–Kier alpha value is -0.780. The lowest BCUT2D eigenvalue weighted by Gasteiger charge is -2.17. The predicted octanol–water partition coefficient (Wildman–Crippen LogP) is 3.90. The van der Waals surface area contributed by atoms with Gasteiger partial charge in [0, 0.05) is 17.3 Å². The molecule has 88 valence electrons. The molecule has 0 radical (unpaired) electrons. The van der Waals surface area contributed by atoms with E-state index in [0.717, 1.165) is 19.4 Å². The van der Waals surface area contributed by atoms with E-state index >= 15 is 0 Å². The highest BCUT2D eigenvalue weighted by atomic mass is 32.1. The lowest BCUT2D eigenvalue weighted by atomic mass is 10.1. The zero-order valence-electron chi connectivity index (χ0n) is 10.5. The lowest BCUT2D eigenvalue weighted by molar-refractivity contribution is 0.511. The van der Waals surface area contributed by atoms with Crippen LogP contribution in [-0.4, -0.2) is 6.54 Å². The summed E-state index contributed by atoms with van der Waals surface area (Å²) in [5.74, 6) is 6.12. The molecule has 1 aromatic heterocycles. The summed E-state index contributed by atoms with van der Waals surface area (Å²) in [5, 5.41) is 5.79. The molecule has 0 aromatic carbocycles. The Labute approximate surface area is 103 Å². The molecule has 0 spiro atoms. The molecule has 0 saturated carbocycles. The first-order valence-electron chi connectivity index (χ1n) is 5.96. The third-order valence-electron chi connectivity index (χ3n) is 2.59. The number of hydrogen-bond acceptors (Lipinski definition) is 2. The van der Waals surface area contributed by atoms with E-state index in [1.807, 2.05) is 18.3 Å². The van der Waals surface area contributed by atoms with Crippen molar-refractivity contribution in [2.75, 3.05) is 6.54 Å². The Bertz CT molecular complexity index is 356. The second kappa shape index (κ2) is 7.49. The molecule has 1 N–H and O–H groups in total. The highest BCUT2D eigenvalue weighted by Crippen LogP contribution is 2.27. The van der Waals surface area contributed by atoms with Crippen molar-refractivity contribution in [3.05, 3.63) is 21.9 Å². The van der Waals surface area contributed by atoms with E-state index in [9.17, 15) is 0 Å². The van der Waals surface area contributed by atoms with Crippen LogP contribution in [0.1, 0.15) is 49.6 Å². The van der Waals surface area contributed by atoms with Crippen LogP contribution >= 0.6 is 11.3 Å². The molecular weight excluding hydrogens is 214 g/mol. The number of hydrogen-bond donors (Lipinski definition) is 1. The van der Waals surface area contributed by atoms with Crippen molar-refractivity contribution in [2.45, 2.75) is 46.1 Å². The molecule has 1 rings (SSSR count). The van der Waals surface area contributed by atoms with Crippen LogP contribution in [0.3, 0.4) is 0 Å². The lowest BCUT2D eigenvalue weighted by Crippen LogP contribution is -2.21. The normalized spacial score (nSPS) is 11.9. The summed E-state index contributed by atoms with van der Waals surface area (Å²) in [5.41, 5.74) is 1.41. The molecule has 1 unspecified atom stereocenters. The first-order chi connectivity index (χ1) is 7.79. The standard InChI is InChI=1S/C14H21NS/c1-4-6-7-8-13(15-10-5-2)14-12(3)9-11-16-14/h9,11,13,15H,5,7-8,10H2,1-3H3. The summed E-state index contributed by atoms with van der Waals surface area (Å²) in [6, 6.07) is 2.69. The minimum atomic E-state index is 0.487. The molecule has 0 saturated heterocycles. The Morgan fingerprint density at radius 3 is 2.88 bits per heavy atom. The van der Waals surface area contributed by atoms with Gasteiger partial charge in [0.25, 0.3) is 0 Å². The van der Waals surface area contributed by atoms with Crippen LogP contribution in [0.4, 0.5) is 0 Å². The fraction of sp³-hybridized carbons (Fsp3) is 0.571. The number of nitrogens with one attached hydrogen (secondary N) is 1. The topological polar surface area (TPSA) is 12.0 Å². The van der Waals surface area contributed by atoms with Gasteiger partial charge in [0.2, 0.25) is 0 Å². The van der Waals surface area contributed by atoms with Crippen LogP contribution < -0.4 is 5.32 Å². The Balaban J connectivity index is 2.62. The van der Waals surface area contributed by atoms with Crippen LogP contribution in [0.2, 0.25) is 0 Å². The molecule has 16 heavy (non-hydrogen) atoms. The van der Waals surface area contributed by atoms with E-state index in [0.29, 0.717) is 6.04 Å². The number of rotatable bonds is 6. The molecule has 1 aromatic rings. The summed E-state index contributed by atoms with van der Waals surface area (Å²) in [6.45, 7) is 7.39. The molecule has 0 aliphatic carbocycles. The highest BCUT2D eigenvalue weighted by Gasteiger charge is 2.13. The Kier molecular flexibility index (Phi) is 6.22. The number of aryl methyl sites for hydroxylation is 1. The van der Waals surface area contributed by atoms with E-state index in [2.05, 4.69) is 42.5 Å². The monoisotopic (exact) mass is 235 g/mol. The van der Waals surface area contributed by atoms with Gasteiger partial charge in [-0.25, -0.2) is 0 Å². The van der Waals surface area contributed by atoms with Crippen LogP contribution in [0.25, 0.3) is 0 Å². The second-order valence-corrected chi connectivity index (χ2v) is 4.89. The molecule has 1 nitrogen and oxygen atoms in total. The summed E-state index contributed by atoms with van der Waals surface area (Å²) >= 11 is 1.86. The van der Waals surface area contributed by atoms with Gasteiger partial charge in [-0.15, -0.1) is 23.2 Å². The van der Waals surface area contributed by atoms with Crippen LogP contribution in [0.15, 0.2) is 11.4 Å². The molecule has 0 amide bonds. The van der Waals surface area contributed by atoms with E-state index in [1.165, 1.54) is 16.9 Å². The zero-order chi connectivity index (χ0) is 11.8. The average molecular weight is 235 g/mol. The van der Waals surface area contributed by atoms with Gasteiger partial charge < -0.3 is 5.32 Å². The second-order valence-electron chi connectivity index (χ2n) is 3.94. The summed E-state index contributed by atoms with van der Waals surface area (Å²) in [7, 11) is 0. The van der Waals surface area contributed by atoms with E-state index in [4.69, 9.17) is 0 Å². The maximum Gasteiger partial charge on any atom is 0.0426 e. The number of thiophene rings is 1. The molecule has 0 fully saturated rings. The third kappa shape index (κ3) is 4.00. The fourth-order valence-electron chi connectivity index (χ4n) is 1.73. The first-order valence-corrected chi connectivity index (χ1v) is 6.84.